The molecule has 118 valence electrons. The fourth-order valence-corrected chi connectivity index (χ4v) is 2.42. The van der Waals surface area contributed by atoms with Crippen LogP contribution >= 0.6 is 0 Å². The zero-order valence-electron chi connectivity index (χ0n) is 14.0. The van der Waals surface area contributed by atoms with Crippen molar-refractivity contribution in [1.29, 1.82) is 0 Å². The molecule has 0 aliphatic carbocycles. The van der Waals surface area contributed by atoms with Crippen LogP contribution in [0.5, 0.6) is 11.5 Å². The molecule has 0 amide bonds. The van der Waals surface area contributed by atoms with Gasteiger partial charge in [0.15, 0.2) is 11.5 Å². The minimum absolute atomic E-state index is 0.185. The molecule has 3 nitrogen and oxygen atoms in total. The molecule has 0 radical (unpaired) electrons. The van der Waals surface area contributed by atoms with Gasteiger partial charge >= 0.3 is 0 Å². The standard InChI is InChI=1S/C19H25NO2/c1-13(2)15-6-9-17(10-7-15)20-14(3)16-8-11-18(21-4)19(12-16)22-5/h6-14,20H,1-5H3. The highest BCUT2D eigenvalue weighted by atomic mass is 16.5. The summed E-state index contributed by atoms with van der Waals surface area (Å²) in [6.45, 7) is 6.54. The Bertz CT molecular complexity index is 605. The summed E-state index contributed by atoms with van der Waals surface area (Å²) in [5, 5.41) is 3.52. The van der Waals surface area contributed by atoms with Crippen LogP contribution in [0.3, 0.4) is 0 Å². The average molecular weight is 299 g/mol. The van der Waals surface area contributed by atoms with E-state index in [1.54, 1.807) is 14.2 Å². The van der Waals surface area contributed by atoms with E-state index in [-0.39, 0.29) is 6.04 Å². The van der Waals surface area contributed by atoms with Gasteiger partial charge in [-0.25, -0.2) is 0 Å². The van der Waals surface area contributed by atoms with E-state index in [4.69, 9.17) is 9.47 Å². The van der Waals surface area contributed by atoms with Crippen LogP contribution in [0.2, 0.25) is 0 Å². The van der Waals surface area contributed by atoms with Crippen molar-refractivity contribution in [2.45, 2.75) is 32.7 Å². The van der Waals surface area contributed by atoms with Gasteiger partial charge in [0.25, 0.3) is 0 Å². The Balaban J connectivity index is 2.13. The Kier molecular flexibility index (Phi) is 5.31. The molecule has 0 aliphatic heterocycles. The summed E-state index contributed by atoms with van der Waals surface area (Å²) in [4.78, 5) is 0. The maximum Gasteiger partial charge on any atom is 0.161 e. The number of anilines is 1. The number of hydrogen-bond donors (Lipinski definition) is 1. The van der Waals surface area contributed by atoms with E-state index in [0.717, 1.165) is 22.7 Å². The van der Waals surface area contributed by atoms with Crippen molar-refractivity contribution in [3.8, 4) is 11.5 Å². The fraction of sp³-hybridized carbons (Fsp3) is 0.368. The Labute approximate surface area is 133 Å². The highest BCUT2D eigenvalue weighted by Gasteiger charge is 2.10. The molecule has 0 aliphatic rings. The molecule has 0 saturated carbocycles. The largest absolute Gasteiger partial charge is 0.493 e. The van der Waals surface area contributed by atoms with Crippen molar-refractivity contribution in [3.63, 3.8) is 0 Å². The number of rotatable bonds is 6. The monoisotopic (exact) mass is 299 g/mol. The Hall–Kier alpha value is -2.16. The predicted molar refractivity (Wildman–Crippen MR) is 92.1 cm³/mol. The van der Waals surface area contributed by atoms with Gasteiger partial charge in [-0.3, -0.25) is 0 Å². The second-order valence-corrected chi connectivity index (χ2v) is 5.76. The molecule has 1 N–H and O–H groups in total. The first-order chi connectivity index (χ1) is 10.5. The van der Waals surface area contributed by atoms with Gasteiger partial charge in [0.05, 0.1) is 14.2 Å². The van der Waals surface area contributed by atoms with Crippen LogP contribution in [0, 0.1) is 0 Å². The summed E-state index contributed by atoms with van der Waals surface area (Å²) < 4.78 is 10.6. The second kappa shape index (κ2) is 7.21. The van der Waals surface area contributed by atoms with Crippen LogP contribution in [-0.2, 0) is 0 Å². The number of benzene rings is 2. The van der Waals surface area contributed by atoms with E-state index in [1.807, 2.05) is 12.1 Å². The van der Waals surface area contributed by atoms with Gasteiger partial charge in [0, 0.05) is 11.7 Å². The third-order valence-electron chi connectivity index (χ3n) is 3.87. The Morgan fingerprint density at radius 2 is 1.36 bits per heavy atom. The number of hydrogen-bond acceptors (Lipinski definition) is 3. The minimum Gasteiger partial charge on any atom is -0.493 e. The van der Waals surface area contributed by atoms with Gasteiger partial charge in [-0.2, -0.15) is 0 Å². The normalized spacial score (nSPS) is 12.1. The molecule has 0 fully saturated rings. The van der Waals surface area contributed by atoms with Crippen molar-refractivity contribution in [2.75, 3.05) is 19.5 Å². The quantitative estimate of drug-likeness (QED) is 0.814. The Morgan fingerprint density at radius 3 is 1.91 bits per heavy atom. The predicted octanol–water partition coefficient (Wildman–Crippen LogP) is 5.00. The smallest absolute Gasteiger partial charge is 0.161 e. The van der Waals surface area contributed by atoms with Crippen LogP contribution in [0.1, 0.15) is 43.9 Å². The highest BCUT2D eigenvalue weighted by Crippen LogP contribution is 2.31. The summed E-state index contributed by atoms with van der Waals surface area (Å²) in [6, 6.07) is 14.8. The van der Waals surface area contributed by atoms with Gasteiger partial charge in [-0.1, -0.05) is 32.0 Å². The molecule has 0 saturated heterocycles. The number of ether oxygens (including phenoxy) is 2. The van der Waals surface area contributed by atoms with Gasteiger partial charge in [0.1, 0.15) is 0 Å². The molecule has 0 aromatic heterocycles. The molecule has 1 unspecified atom stereocenters. The molecule has 22 heavy (non-hydrogen) atoms. The van der Waals surface area contributed by atoms with Crippen molar-refractivity contribution in [3.05, 3.63) is 53.6 Å². The third kappa shape index (κ3) is 3.73. The van der Waals surface area contributed by atoms with Crippen LogP contribution in [0.15, 0.2) is 42.5 Å². The SMILES string of the molecule is COc1ccc(C(C)Nc2ccc(C(C)C)cc2)cc1OC. The maximum atomic E-state index is 5.37. The van der Waals surface area contributed by atoms with E-state index >= 15 is 0 Å². The average Bonchev–Trinajstić information content (AvgIpc) is 2.54. The lowest BCUT2D eigenvalue weighted by Crippen LogP contribution is -2.07. The molecule has 2 aromatic carbocycles. The fourth-order valence-electron chi connectivity index (χ4n) is 2.42. The summed E-state index contributed by atoms with van der Waals surface area (Å²) in [6.07, 6.45) is 0. The zero-order chi connectivity index (χ0) is 16.1. The van der Waals surface area contributed by atoms with Crippen molar-refractivity contribution in [2.24, 2.45) is 0 Å². The van der Waals surface area contributed by atoms with Gasteiger partial charge in [-0.15, -0.1) is 0 Å². The maximum absolute atomic E-state index is 5.37. The van der Waals surface area contributed by atoms with Crippen LogP contribution in [-0.4, -0.2) is 14.2 Å². The molecule has 0 spiro atoms. The lowest BCUT2D eigenvalue weighted by atomic mass is 10.0. The number of nitrogens with one attached hydrogen (secondary N) is 1. The van der Waals surface area contributed by atoms with E-state index in [0.29, 0.717) is 5.92 Å². The van der Waals surface area contributed by atoms with E-state index in [1.165, 1.54) is 5.56 Å². The van der Waals surface area contributed by atoms with Crippen LogP contribution in [0.25, 0.3) is 0 Å². The lowest BCUT2D eigenvalue weighted by Gasteiger charge is -2.18. The lowest BCUT2D eigenvalue weighted by molar-refractivity contribution is 0.354. The summed E-state index contributed by atoms with van der Waals surface area (Å²) in [5.41, 5.74) is 3.63. The summed E-state index contributed by atoms with van der Waals surface area (Å²) in [5.74, 6) is 2.06. The minimum atomic E-state index is 0.185. The molecule has 1 atom stereocenters. The summed E-state index contributed by atoms with van der Waals surface area (Å²) in [7, 11) is 3.31. The second-order valence-electron chi connectivity index (χ2n) is 5.76. The Morgan fingerprint density at radius 1 is 0.773 bits per heavy atom. The van der Waals surface area contributed by atoms with Gasteiger partial charge < -0.3 is 14.8 Å². The van der Waals surface area contributed by atoms with Crippen molar-refractivity contribution >= 4 is 5.69 Å². The molecule has 3 heteroatoms. The van der Waals surface area contributed by atoms with Gasteiger partial charge in [0.2, 0.25) is 0 Å². The zero-order valence-corrected chi connectivity index (χ0v) is 14.0. The first-order valence-electron chi connectivity index (χ1n) is 7.63. The highest BCUT2D eigenvalue weighted by molar-refractivity contribution is 5.49. The van der Waals surface area contributed by atoms with Crippen molar-refractivity contribution < 1.29 is 9.47 Å². The number of methoxy groups -OCH3 is 2. The molecule has 2 rings (SSSR count). The van der Waals surface area contributed by atoms with E-state index < -0.39 is 0 Å². The first kappa shape index (κ1) is 16.2. The molecular formula is C19H25NO2. The first-order valence-corrected chi connectivity index (χ1v) is 7.63. The van der Waals surface area contributed by atoms with Gasteiger partial charge in [-0.05, 0) is 48.2 Å². The van der Waals surface area contributed by atoms with E-state index in [2.05, 4.69) is 56.4 Å². The topological polar surface area (TPSA) is 30.5 Å². The van der Waals surface area contributed by atoms with E-state index in [9.17, 15) is 0 Å². The molecule has 0 bridgehead atoms. The van der Waals surface area contributed by atoms with Crippen molar-refractivity contribution in [1.82, 2.24) is 0 Å². The molecule has 0 heterocycles. The molecular weight excluding hydrogens is 274 g/mol. The third-order valence-corrected chi connectivity index (χ3v) is 3.87. The summed E-state index contributed by atoms with van der Waals surface area (Å²) >= 11 is 0. The molecule has 2 aromatic rings. The van der Waals surface area contributed by atoms with Crippen LogP contribution in [0.4, 0.5) is 5.69 Å². The van der Waals surface area contributed by atoms with Crippen LogP contribution < -0.4 is 14.8 Å².